The first-order valence-corrected chi connectivity index (χ1v) is 13.0. The van der Waals surface area contributed by atoms with E-state index in [1.165, 1.54) is 39.2 Å². The molecule has 0 radical (unpaired) electrons. The number of benzene rings is 4. The quantitative estimate of drug-likeness (QED) is 0.240. The lowest BCUT2D eigenvalue weighted by Gasteiger charge is -2.28. The molecule has 0 saturated carbocycles. The van der Waals surface area contributed by atoms with E-state index in [0.29, 0.717) is 12.1 Å². The van der Waals surface area contributed by atoms with Crippen LogP contribution in [0.5, 0.6) is 0 Å². The molecule has 0 aliphatic carbocycles. The molecule has 1 aromatic heterocycles. The van der Waals surface area contributed by atoms with Gasteiger partial charge in [0.15, 0.2) is 6.20 Å². The van der Waals surface area contributed by atoms with Crippen molar-refractivity contribution in [3.63, 3.8) is 0 Å². The Labute approximate surface area is 221 Å². The molecule has 2 unspecified atom stereocenters. The van der Waals surface area contributed by atoms with Gasteiger partial charge in [0.25, 0.3) is 0 Å². The van der Waals surface area contributed by atoms with Gasteiger partial charge in [-0.1, -0.05) is 54.1 Å². The molecule has 2 atom stereocenters. The predicted octanol–water partition coefficient (Wildman–Crippen LogP) is 7.27. The molecule has 3 nitrogen and oxygen atoms in total. The summed E-state index contributed by atoms with van der Waals surface area (Å²) >= 11 is 0. The molecular formula is C34H32N3+. The highest BCUT2D eigenvalue weighted by atomic mass is 15.2. The highest BCUT2D eigenvalue weighted by Crippen LogP contribution is 2.45. The summed E-state index contributed by atoms with van der Waals surface area (Å²) in [6.45, 7) is 6.62. The number of hydrogen-bond donors (Lipinski definition) is 0. The smallest absolute Gasteiger partial charge is 0.212 e. The largest absolute Gasteiger partial charge is 0.361 e. The van der Waals surface area contributed by atoms with Crippen molar-refractivity contribution in [2.45, 2.75) is 32.7 Å². The number of para-hydroxylation sites is 2. The van der Waals surface area contributed by atoms with Crippen LogP contribution >= 0.6 is 0 Å². The van der Waals surface area contributed by atoms with Gasteiger partial charge >= 0.3 is 0 Å². The van der Waals surface area contributed by atoms with E-state index in [-0.39, 0.29) is 12.0 Å². The zero-order valence-corrected chi connectivity index (χ0v) is 22.0. The van der Waals surface area contributed by atoms with Crippen LogP contribution in [0.2, 0.25) is 0 Å². The fourth-order valence-corrected chi connectivity index (χ4v) is 6.58. The van der Waals surface area contributed by atoms with Gasteiger partial charge in [-0.3, -0.25) is 0 Å². The van der Waals surface area contributed by atoms with Gasteiger partial charge in [0, 0.05) is 40.7 Å². The maximum absolute atomic E-state index is 8.77. The topological polar surface area (TPSA) is 11.2 Å². The molecule has 2 aliphatic rings. The molecule has 37 heavy (non-hydrogen) atoms. The summed E-state index contributed by atoms with van der Waals surface area (Å²) in [5.74, 6) is 0.252. The predicted molar refractivity (Wildman–Crippen MR) is 156 cm³/mol. The molecule has 182 valence electrons. The van der Waals surface area contributed by atoms with E-state index in [9.17, 15) is 0 Å². The molecule has 3 heteroatoms. The van der Waals surface area contributed by atoms with Gasteiger partial charge in [0.2, 0.25) is 5.71 Å². The first-order chi connectivity index (χ1) is 18.8. The van der Waals surface area contributed by atoms with Crippen LogP contribution in [-0.4, -0.2) is 35.0 Å². The monoisotopic (exact) mass is 484 g/mol. The van der Waals surface area contributed by atoms with Gasteiger partial charge in [0.1, 0.15) is 13.1 Å². The zero-order valence-electron chi connectivity index (χ0n) is 24.0. The van der Waals surface area contributed by atoms with Gasteiger partial charge in [-0.2, -0.15) is 0 Å². The number of anilines is 1. The summed E-state index contributed by atoms with van der Waals surface area (Å²) in [6, 6.07) is 24.1. The van der Waals surface area contributed by atoms with Crippen molar-refractivity contribution in [2.75, 3.05) is 19.0 Å². The second-order valence-electron chi connectivity index (χ2n) is 10.6. The summed E-state index contributed by atoms with van der Waals surface area (Å²) in [6.07, 6.45) is 4.55. The first kappa shape index (κ1) is 20.0. The van der Waals surface area contributed by atoms with Crippen LogP contribution < -0.4 is 4.90 Å². The maximum atomic E-state index is 8.77. The number of aromatic nitrogens is 1. The molecule has 7 rings (SSSR count). The molecule has 2 aliphatic heterocycles. The first-order valence-electron chi connectivity index (χ1n) is 14.0. The van der Waals surface area contributed by atoms with Crippen LogP contribution in [0, 0.1) is 20.8 Å². The van der Waals surface area contributed by atoms with Crippen LogP contribution in [0.15, 0.2) is 91.1 Å². The number of fused-ring (bicyclic) bond motifs is 6. The second kappa shape index (κ2) is 7.94. The van der Waals surface area contributed by atoms with Gasteiger partial charge in [0.05, 0.1) is 13.8 Å². The summed E-state index contributed by atoms with van der Waals surface area (Å²) in [5, 5.41) is 2.03. The molecule has 0 fully saturated rings. The van der Waals surface area contributed by atoms with E-state index < -0.39 is 0 Å². The van der Waals surface area contributed by atoms with Crippen molar-refractivity contribution in [3.8, 4) is 5.69 Å². The van der Waals surface area contributed by atoms with Gasteiger partial charge in [-0.15, -0.1) is 0 Å². The fourth-order valence-electron chi connectivity index (χ4n) is 6.58. The van der Waals surface area contributed by atoms with Gasteiger partial charge in [-0.25, -0.2) is 4.58 Å². The molecule has 0 N–H and O–H groups in total. The van der Waals surface area contributed by atoms with Gasteiger partial charge in [-0.05, 0) is 73.8 Å². The van der Waals surface area contributed by atoms with E-state index in [1.54, 1.807) is 0 Å². The molecule has 5 aromatic rings. The SMILES string of the molecule is [2H]c1cccc2c3cccc([2H])c3n(-c3ccc4c(c3)N(C)C3C(c5cc(C)cc(C)c5C)=[N+](C)C=CC43)c12. The van der Waals surface area contributed by atoms with Crippen LogP contribution in [0.1, 0.15) is 36.5 Å². The zero-order chi connectivity index (χ0) is 27.2. The Morgan fingerprint density at radius 1 is 0.865 bits per heavy atom. The summed E-state index contributed by atoms with van der Waals surface area (Å²) in [5.41, 5.74) is 11.8. The summed E-state index contributed by atoms with van der Waals surface area (Å²) < 4.78 is 21.9. The van der Waals surface area contributed by atoms with Crippen molar-refractivity contribution in [1.29, 1.82) is 0 Å². The average Bonchev–Trinajstić information content (AvgIpc) is 3.40. The minimum absolute atomic E-state index is 0.182. The van der Waals surface area contributed by atoms with E-state index in [4.69, 9.17) is 2.74 Å². The Kier molecular flexibility index (Phi) is 4.30. The number of aryl methyl sites for hydroxylation is 2. The Balaban J connectivity index is 1.43. The molecule has 4 aromatic carbocycles. The molecular weight excluding hydrogens is 450 g/mol. The summed E-state index contributed by atoms with van der Waals surface area (Å²) in [7, 11) is 4.36. The van der Waals surface area contributed by atoms with E-state index >= 15 is 0 Å². The van der Waals surface area contributed by atoms with Crippen LogP contribution in [0.3, 0.4) is 0 Å². The molecule has 0 spiro atoms. The van der Waals surface area contributed by atoms with Gasteiger partial charge < -0.3 is 9.47 Å². The van der Waals surface area contributed by atoms with Crippen LogP contribution in [0.4, 0.5) is 5.69 Å². The van der Waals surface area contributed by atoms with Crippen molar-refractivity contribution in [3.05, 3.63) is 119 Å². The van der Waals surface area contributed by atoms with Crippen LogP contribution in [0.25, 0.3) is 27.5 Å². The molecule has 0 amide bonds. The fraction of sp³-hybridized carbons (Fsp3) is 0.206. The van der Waals surface area contributed by atoms with Crippen molar-refractivity contribution in [1.82, 2.24) is 4.57 Å². The van der Waals surface area contributed by atoms with E-state index in [2.05, 4.69) is 104 Å². The Bertz CT molecular complexity index is 1850. The number of nitrogens with zero attached hydrogens (tertiary/aromatic N) is 3. The lowest BCUT2D eigenvalue weighted by molar-refractivity contribution is -0.425. The number of rotatable bonds is 2. The maximum Gasteiger partial charge on any atom is 0.212 e. The third-order valence-corrected chi connectivity index (χ3v) is 8.44. The average molecular weight is 485 g/mol. The third-order valence-electron chi connectivity index (χ3n) is 8.44. The molecule has 0 saturated heterocycles. The van der Waals surface area contributed by atoms with Crippen molar-refractivity contribution >= 4 is 33.2 Å². The Morgan fingerprint density at radius 2 is 1.57 bits per heavy atom. The van der Waals surface area contributed by atoms with Crippen LogP contribution in [-0.2, 0) is 0 Å². The minimum Gasteiger partial charge on any atom is -0.361 e. The number of likely N-dealkylation sites (N-methyl/N-ethyl adjacent to an activating group) is 1. The highest BCUT2D eigenvalue weighted by molar-refractivity contribution is 6.09. The molecule has 0 bridgehead atoms. The lowest BCUT2D eigenvalue weighted by Crippen LogP contribution is -2.44. The lowest BCUT2D eigenvalue weighted by atomic mass is 9.84. The Morgan fingerprint density at radius 3 is 2.27 bits per heavy atom. The van der Waals surface area contributed by atoms with E-state index in [0.717, 1.165) is 27.5 Å². The summed E-state index contributed by atoms with van der Waals surface area (Å²) in [4.78, 5) is 2.42. The normalized spacial score (nSPS) is 19.4. The third kappa shape index (κ3) is 3.10. The highest BCUT2D eigenvalue weighted by Gasteiger charge is 2.45. The second-order valence-corrected chi connectivity index (χ2v) is 10.6. The van der Waals surface area contributed by atoms with Crippen molar-refractivity contribution < 1.29 is 7.32 Å². The standard InChI is InChI=1S/C34H32N3/c1-21-18-22(2)23(3)29(19-21)33-34-28(16-17-35(33)4)27-15-14-24(20-32(27)36(34)5)37-30-12-8-6-10-25(30)26-11-7-9-13-31(26)37/h6-20,28,34H,1-5H3/q+1/i12D,13D. The van der Waals surface area contributed by atoms with Crippen molar-refractivity contribution in [2.24, 2.45) is 0 Å². The minimum atomic E-state index is 0.182. The molecule has 3 heterocycles. The van der Waals surface area contributed by atoms with E-state index in [1.807, 2.05) is 24.3 Å². The number of hydrogen-bond acceptors (Lipinski definition) is 1. The Hall–Kier alpha value is -4.11.